The van der Waals surface area contributed by atoms with E-state index >= 15 is 0 Å². The van der Waals surface area contributed by atoms with Crippen molar-refractivity contribution < 1.29 is 19.4 Å². The van der Waals surface area contributed by atoms with E-state index in [4.69, 9.17) is 9.84 Å². The minimum Gasteiger partial charge on any atom is -0.480 e. The van der Waals surface area contributed by atoms with Gasteiger partial charge in [0.15, 0.2) is 0 Å². The van der Waals surface area contributed by atoms with Crippen LogP contribution in [0, 0.1) is 0 Å². The Labute approximate surface area is 83.6 Å². The second-order valence-electron chi connectivity index (χ2n) is 3.31. The number of carbonyl (C=O) groups excluding carboxylic acids is 1. The molecular weight excluding hydrogens is 186 g/mol. The van der Waals surface area contributed by atoms with Crippen molar-refractivity contribution in [2.75, 3.05) is 20.2 Å². The summed E-state index contributed by atoms with van der Waals surface area (Å²) in [7, 11) is 1.46. The van der Waals surface area contributed by atoms with Gasteiger partial charge in [0.25, 0.3) is 0 Å². The van der Waals surface area contributed by atoms with E-state index in [9.17, 15) is 9.59 Å². The zero-order valence-corrected chi connectivity index (χ0v) is 8.82. The molecule has 0 spiro atoms. The van der Waals surface area contributed by atoms with Gasteiger partial charge in [0.1, 0.15) is 6.54 Å². The molecule has 0 radical (unpaired) electrons. The number of carboxylic acid groups (broad SMARTS) is 1. The van der Waals surface area contributed by atoms with Crippen molar-refractivity contribution in [2.45, 2.75) is 26.4 Å². The lowest BCUT2D eigenvalue weighted by Crippen LogP contribution is -2.32. The first kappa shape index (κ1) is 12.9. The van der Waals surface area contributed by atoms with E-state index in [1.54, 1.807) is 0 Å². The standard InChI is InChI=1S/C9H17NO4/c1-7(2)14-5-4-8(11)10(3)6-9(12)13/h7H,4-6H2,1-3H3,(H,12,13). The van der Waals surface area contributed by atoms with E-state index in [0.29, 0.717) is 6.61 Å². The SMILES string of the molecule is CC(C)OCCC(=O)N(C)CC(=O)O. The molecule has 5 heteroatoms. The Morgan fingerprint density at radius 3 is 2.43 bits per heavy atom. The lowest BCUT2D eigenvalue weighted by atomic mass is 10.4. The summed E-state index contributed by atoms with van der Waals surface area (Å²) in [6.45, 7) is 3.83. The average molecular weight is 203 g/mol. The van der Waals surface area contributed by atoms with Gasteiger partial charge in [-0.05, 0) is 13.8 Å². The fourth-order valence-corrected chi connectivity index (χ4v) is 0.864. The summed E-state index contributed by atoms with van der Waals surface area (Å²) in [6.07, 6.45) is 0.315. The molecule has 0 saturated carbocycles. The van der Waals surface area contributed by atoms with Crippen LogP contribution in [0.4, 0.5) is 0 Å². The molecule has 0 aliphatic rings. The van der Waals surface area contributed by atoms with E-state index in [2.05, 4.69) is 0 Å². The fraction of sp³-hybridized carbons (Fsp3) is 0.778. The average Bonchev–Trinajstić information content (AvgIpc) is 2.01. The van der Waals surface area contributed by atoms with Gasteiger partial charge < -0.3 is 14.7 Å². The van der Waals surface area contributed by atoms with E-state index in [1.807, 2.05) is 13.8 Å². The van der Waals surface area contributed by atoms with Crippen molar-refractivity contribution in [3.63, 3.8) is 0 Å². The van der Waals surface area contributed by atoms with E-state index in [0.717, 1.165) is 0 Å². The molecule has 0 atom stereocenters. The summed E-state index contributed by atoms with van der Waals surface area (Å²) >= 11 is 0. The van der Waals surface area contributed by atoms with Crippen molar-refractivity contribution in [3.8, 4) is 0 Å². The number of likely N-dealkylation sites (N-methyl/N-ethyl adjacent to an activating group) is 1. The van der Waals surface area contributed by atoms with Crippen LogP contribution in [0.2, 0.25) is 0 Å². The first-order chi connectivity index (χ1) is 6.43. The number of carbonyl (C=O) groups is 2. The first-order valence-corrected chi connectivity index (χ1v) is 4.51. The van der Waals surface area contributed by atoms with Crippen molar-refractivity contribution in [3.05, 3.63) is 0 Å². The molecular formula is C9H17NO4. The van der Waals surface area contributed by atoms with Crippen LogP contribution in [0.3, 0.4) is 0 Å². The van der Waals surface area contributed by atoms with Crippen LogP contribution < -0.4 is 0 Å². The van der Waals surface area contributed by atoms with Gasteiger partial charge in [-0.3, -0.25) is 9.59 Å². The smallest absolute Gasteiger partial charge is 0.323 e. The Kier molecular flexibility index (Phi) is 5.87. The second kappa shape index (κ2) is 6.37. The highest BCUT2D eigenvalue weighted by Crippen LogP contribution is 1.94. The van der Waals surface area contributed by atoms with Crippen molar-refractivity contribution in [1.29, 1.82) is 0 Å². The largest absolute Gasteiger partial charge is 0.480 e. The number of aliphatic carboxylic acids is 1. The van der Waals surface area contributed by atoms with E-state index in [-0.39, 0.29) is 25.0 Å². The van der Waals surface area contributed by atoms with Gasteiger partial charge in [-0.1, -0.05) is 0 Å². The third-order valence-electron chi connectivity index (χ3n) is 1.57. The number of hydrogen-bond donors (Lipinski definition) is 1. The molecule has 0 unspecified atom stereocenters. The summed E-state index contributed by atoms with van der Waals surface area (Å²) in [4.78, 5) is 22.7. The van der Waals surface area contributed by atoms with Gasteiger partial charge in [0.05, 0.1) is 19.1 Å². The highest BCUT2D eigenvalue weighted by molar-refractivity contribution is 5.81. The van der Waals surface area contributed by atoms with Crippen LogP contribution in [0.1, 0.15) is 20.3 Å². The Bertz CT molecular complexity index is 203. The zero-order chi connectivity index (χ0) is 11.1. The summed E-state index contributed by atoms with van der Waals surface area (Å²) in [5.41, 5.74) is 0. The fourth-order valence-electron chi connectivity index (χ4n) is 0.864. The van der Waals surface area contributed by atoms with Crippen molar-refractivity contribution in [1.82, 2.24) is 4.90 Å². The van der Waals surface area contributed by atoms with Gasteiger partial charge >= 0.3 is 5.97 Å². The highest BCUT2D eigenvalue weighted by atomic mass is 16.5. The van der Waals surface area contributed by atoms with E-state index < -0.39 is 5.97 Å². The predicted molar refractivity (Wildman–Crippen MR) is 51.0 cm³/mol. The predicted octanol–water partition coefficient (Wildman–Crippen LogP) is 0.344. The van der Waals surface area contributed by atoms with Crippen LogP contribution in [0.5, 0.6) is 0 Å². The maximum Gasteiger partial charge on any atom is 0.323 e. The molecule has 0 aliphatic carbocycles. The Hall–Kier alpha value is -1.10. The number of nitrogens with zero attached hydrogens (tertiary/aromatic N) is 1. The maximum absolute atomic E-state index is 11.2. The van der Waals surface area contributed by atoms with Gasteiger partial charge in [0, 0.05) is 7.05 Å². The van der Waals surface area contributed by atoms with Crippen LogP contribution in [-0.2, 0) is 14.3 Å². The summed E-state index contributed by atoms with van der Waals surface area (Å²) in [6, 6.07) is 0. The number of carboxylic acids is 1. The van der Waals surface area contributed by atoms with Gasteiger partial charge in [-0.2, -0.15) is 0 Å². The molecule has 0 bridgehead atoms. The van der Waals surface area contributed by atoms with Gasteiger partial charge in [-0.25, -0.2) is 0 Å². The number of hydrogen-bond acceptors (Lipinski definition) is 3. The summed E-state index contributed by atoms with van der Waals surface area (Å²) in [5, 5.41) is 8.42. The van der Waals surface area contributed by atoms with Crippen LogP contribution in [0.25, 0.3) is 0 Å². The second-order valence-corrected chi connectivity index (χ2v) is 3.31. The molecule has 82 valence electrons. The zero-order valence-electron chi connectivity index (χ0n) is 8.82. The molecule has 0 fully saturated rings. The summed E-state index contributed by atoms with van der Waals surface area (Å²) < 4.78 is 5.17. The maximum atomic E-state index is 11.2. The lowest BCUT2D eigenvalue weighted by Gasteiger charge is -2.14. The third kappa shape index (κ3) is 6.42. The normalized spacial score (nSPS) is 10.3. The number of ether oxygens (including phenoxy) is 1. The van der Waals surface area contributed by atoms with Gasteiger partial charge in [-0.15, -0.1) is 0 Å². The minimum absolute atomic E-state index is 0.0904. The quantitative estimate of drug-likeness (QED) is 0.676. The molecule has 0 aliphatic heterocycles. The molecule has 5 nitrogen and oxygen atoms in total. The number of amides is 1. The number of rotatable bonds is 6. The van der Waals surface area contributed by atoms with Gasteiger partial charge in [0.2, 0.25) is 5.91 Å². The van der Waals surface area contributed by atoms with Crippen molar-refractivity contribution >= 4 is 11.9 Å². The molecule has 0 aromatic carbocycles. The Morgan fingerprint density at radius 2 is 2.00 bits per heavy atom. The van der Waals surface area contributed by atoms with E-state index in [1.165, 1.54) is 11.9 Å². The molecule has 0 saturated heterocycles. The third-order valence-corrected chi connectivity index (χ3v) is 1.57. The molecule has 1 amide bonds. The molecule has 14 heavy (non-hydrogen) atoms. The molecule has 0 rings (SSSR count). The molecule has 0 aromatic rings. The first-order valence-electron chi connectivity index (χ1n) is 4.51. The monoisotopic (exact) mass is 203 g/mol. The topological polar surface area (TPSA) is 66.8 Å². The lowest BCUT2D eigenvalue weighted by molar-refractivity contribution is -0.144. The summed E-state index contributed by atoms with van der Waals surface area (Å²) in [5.74, 6) is -1.22. The minimum atomic E-state index is -1.01. The molecule has 0 heterocycles. The molecule has 0 aromatic heterocycles. The molecule has 1 N–H and O–H groups in total. The van der Waals surface area contributed by atoms with Crippen molar-refractivity contribution in [2.24, 2.45) is 0 Å². The highest BCUT2D eigenvalue weighted by Gasteiger charge is 2.11. The van der Waals surface area contributed by atoms with Crippen LogP contribution in [-0.4, -0.2) is 48.2 Å². The van der Waals surface area contributed by atoms with Crippen LogP contribution >= 0.6 is 0 Å². The van der Waals surface area contributed by atoms with Crippen LogP contribution in [0.15, 0.2) is 0 Å². The Morgan fingerprint density at radius 1 is 1.43 bits per heavy atom. The Balaban J connectivity index is 3.67.